The molecule has 1 saturated carbocycles. The summed E-state index contributed by atoms with van der Waals surface area (Å²) in [6.45, 7) is 2.22. The predicted molar refractivity (Wildman–Crippen MR) is 99.5 cm³/mol. The van der Waals surface area contributed by atoms with Gasteiger partial charge >= 0.3 is 0 Å². The van der Waals surface area contributed by atoms with E-state index in [4.69, 9.17) is 5.73 Å². The van der Waals surface area contributed by atoms with Crippen LogP contribution in [0.4, 0.5) is 10.1 Å². The van der Waals surface area contributed by atoms with Gasteiger partial charge < -0.3 is 11.1 Å². The number of primary amides is 1. The summed E-state index contributed by atoms with van der Waals surface area (Å²) in [5, 5.41) is 7.86. The normalized spacial score (nSPS) is 19.8. The minimum Gasteiger partial charge on any atom is -0.380 e. The summed E-state index contributed by atoms with van der Waals surface area (Å²) in [4.78, 5) is 11.9. The topological polar surface area (TPSA) is 72.4 Å². The van der Waals surface area contributed by atoms with Crippen LogP contribution in [0.1, 0.15) is 36.5 Å². The molecule has 1 fully saturated rings. The molecule has 6 heteroatoms. The number of rotatable bonds is 4. The van der Waals surface area contributed by atoms with Crippen LogP contribution in [-0.2, 0) is 0 Å². The van der Waals surface area contributed by atoms with Crippen LogP contribution in [-0.4, -0.2) is 21.6 Å². The van der Waals surface area contributed by atoms with Crippen molar-refractivity contribution in [3.05, 3.63) is 54.1 Å². The fraction of sp³-hybridized carbons (Fsp3) is 0.300. The summed E-state index contributed by atoms with van der Waals surface area (Å²) in [5.74, 6) is -0.239. The van der Waals surface area contributed by atoms with Crippen LogP contribution in [0.5, 0.6) is 0 Å². The molecule has 4 rings (SSSR count). The van der Waals surface area contributed by atoms with Gasteiger partial charge in [0.05, 0.1) is 23.0 Å². The summed E-state index contributed by atoms with van der Waals surface area (Å²) in [5.41, 5.74) is 9.27. The average Bonchev–Trinajstić information content (AvgIpc) is 3.22. The van der Waals surface area contributed by atoms with Gasteiger partial charge in [-0.25, -0.2) is 8.91 Å². The minimum absolute atomic E-state index is 0.274. The maximum absolute atomic E-state index is 13.2. The predicted octanol–water partition coefficient (Wildman–Crippen LogP) is 3.84. The summed E-state index contributed by atoms with van der Waals surface area (Å²) >= 11 is 0. The van der Waals surface area contributed by atoms with Gasteiger partial charge in [-0.05, 0) is 42.5 Å². The van der Waals surface area contributed by atoms with E-state index in [0.717, 1.165) is 28.8 Å². The number of nitrogens with zero attached hydrogens (tertiary/aromatic N) is 2. The first-order chi connectivity index (χ1) is 12.5. The molecule has 2 atom stereocenters. The van der Waals surface area contributed by atoms with E-state index >= 15 is 0 Å². The average molecular weight is 352 g/mol. The summed E-state index contributed by atoms with van der Waals surface area (Å²) < 4.78 is 14.9. The van der Waals surface area contributed by atoms with Crippen LogP contribution in [0, 0.1) is 11.7 Å². The highest BCUT2D eigenvalue weighted by molar-refractivity contribution is 6.02. The van der Waals surface area contributed by atoms with Gasteiger partial charge in [0, 0.05) is 17.8 Å². The third-order valence-corrected chi connectivity index (χ3v) is 5.27. The van der Waals surface area contributed by atoms with E-state index in [0.29, 0.717) is 17.5 Å². The monoisotopic (exact) mass is 352 g/mol. The van der Waals surface area contributed by atoms with Crippen LogP contribution in [0.3, 0.4) is 0 Å². The molecule has 0 saturated heterocycles. The summed E-state index contributed by atoms with van der Waals surface area (Å²) in [6.07, 6.45) is 6.79. The molecule has 3 N–H and O–H groups in total. The molecule has 3 aromatic rings. The highest BCUT2D eigenvalue weighted by atomic mass is 19.1. The number of benzene rings is 1. The molecule has 0 bridgehead atoms. The fourth-order valence-corrected chi connectivity index (χ4v) is 3.74. The molecule has 0 aliphatic heterocycles. The Kier molecular flexibility index (Phi) is 4.11. The molecule has 26 heavy (non-hydrogen) atoms. The van der Waals surface area contributed by atoms with E-state index in [1.807, 2.05) is 12.3 Å². The second kappa shape index (κ2) is 6.44. The molecular formula is C20H21FN4O. The van der Waals surface area contributed by atoms with Gasteiger partial charge in [0.25, 0.3) is 5.91 Å². The molecule has 1 aromatic carbocycles. The quantitative estimate of drug-likeness (QED) is 0.749. The Morgan fingerprint density at radius 2 is 2.04 bits per heavy atom. The second-order valence-corrected chi connectivity index (χ2v) is 7.02. The largest absolute Gasteiger partial charge is 0.380 e. The number of anilines is 1. The Morgan fingerprint density at radius 1 is 1.27 bits per heavy atom. The third kappa shape index (κ3) is 2.92. The zero-order valence-electron chi connectivity index (χ0n) is 14.6. The van der Waals surface area contributed by atoms with E-state index < -0.39 is 5.91 Å². The SMILES string of the molecule is CC1CCCC1Nc1c(C(N)=O)cnn2cc(-c3ccc(F)cc3)cc12. The Labute approximate surface area is 151 Å². The van der Waals surface area contributed by atoms with Gasteiger partial charge in [-0.15, -0.1) is 0 Å². The van der Waals surface area contributed by atoms with Gasteiger partial charge in [-0.2, -0.15) is 5.10 Å². The molecular weight excluding hydrogens is 331 g/mol. The van der Waals surface area contributed by atoms with Gasteiger partial charge in [-0.3, -0.25) is 4.79 Å². The molecule has 2 heterocycles. The summed E-state index contributed by atoms with van der Waals surface area (Å²) in [6, 6.07) is 8.58. The highest BCUT2D eigenvalue weighted by Crippen LogP contribution is 2.33. The number of carbonyl (C=O) groups excluding carboxylic acids is 1. The van der Waals surface area contributed by atoms with E-state index in [-0.39, 0.29) is 5.82 Å². The lowest BCUT2D eigenvalue weighted by Gasteiger charge is -2.20. The lowest BCUT2D eigenvalue weighted by Crippen LogP contribution is -2.25. The van der Waals surface area contributed by atoms with Crippen molar-refractivity contribution in [1.29, 1.82) is 0 Å². The number of amides is 1. The van der Waals surface area contributed by atoms with Gasteiger partial charge in [0.2, 0.25) is 0 Å². The number of hydrogen-bond donors (Lipinski definition) is 2. The molecule has 0 spiro atoms. The number of carbonyl (C=O) groups is 1. The van der Waals surface area contributed by atoms with Crippen molar-refractivity contribution in [3.63, 3.8) is 0 Å². The van der Waals surface area contributed by atoms with Crippen molar-refractivity contribution in [2.75, 3.05) is 5.32 Å². The van der Waals surface area contributed by atoms with Crippen LogP contribution >= 0.6 is 0 Å². The Bertz CT molecular complexity index is 964. The standard InChI is InChI=1S/C20H21FN4O/c1-12-3-2-4-17(12)24-19-16(20(22)26)10-23-25-11-14(9-18(19)25)13-5-7-15(21)8-6-13/h5-12,17,24H,2-4H2,1H3,(H2,22,26). The first-order valence-corrected chi connectivity index (χ1v) is 8.86. The smallest absolute Gasteiger partial charge is 0.252 e. The number of halogens is 1. The molecule has 2 unspecified atom stereocenters. The van der Waals surface area contributed by atoms with E-state index in [2.05, 4.69) is 17.3 Å². The number of aromatic nitrogens is 2. The Morgan fingerprint density at radius 3 is 2.69 bits per heavy atom. The first-order valence-electron chi connectivity index (χ1n) is 8.86. The molecule has 2 aromatic heterocycles. The van der Waals surface area contributed by atoms with Gasteiger partial charge in [0.1, 0.15) is 5.82 Å². The van der Waals surface area contributed by atoms with Crippen molar-refractivity contribution >= 4 is 17.1 Å². The lowest BCUT2D eigenvalue weighted by atomic mass is 10.0. The maximum atomic E-state index is 13.2. The molecule has 0 radical (unpaired) electrons. The zero-order valence-corrected chi connectivity index (χ0v) is 14.6. The van der Waals surface area contributed by atoms with Crippen molar-refractivity contribution in [2.45, 2.75) is 32.2 Å². The van der Waals surface area contributed by atoms with Gasteiger partial charge in [0.15, 0.2) is 0 Å². The fourth-order valence-electron chi connectivity index (χ4n) is 3.74. The zero-order chi connectivity index (χ0) is 18.3. The van der Waals surface area contributed by atoms with Gasteiger partial charge in [-0.1, -0.05) is 25.5 Å². The molecule has 1 amide bonds. The van der Waals surface area contributed by atoms with Crippen molar-refractivity contribution in [2.24, 2.45) is 11.7 Å². The maximum Gasteiger partial charge on any atom is 0.252 e. The van der Waals surface area contributed by atoms with Crippen LogP contribution in [0.15, 0.2) is 42.7 Å². The number of nitrogens with two attached hydrogens (primary N) is 1. The van der Waals surface area contributed by atoms with E-state index in [9.17, 15) is 9.18 Å². The van der Waals surface area contributed by atoms with Crippen molar-refractivity contribution in [1.82, 2.24) is 9.61 Å². The van der Waals surface area contributed by atoms with Crippen LogP contribution in [0.25, 0.3) is 16.6 Å². The number of fused-ring (bicyclic) bond motifs is 1. The summed E-state index contributed by atoms with van der Waals surface area (Å²) in [7, 11) is 0. The lowest BCUT2D eigenvalue weighted by molar-refractivity contribution is 0.100. The van der Waals surface area contributed by atoms with Crippen LogP contribution < -0.4 is 11.1 Å². The third-order valence-electron chi connectivity index (χ3n) is 5.27. The van der Waals surface area contributed by atoms with Crippen LogP contribution in [0.2, 0.25) is 0 Å². The molecule has 5 nitrogen and oxygen atoms in total. The van der Waals surface area contributed by atoms with Crippen molar-refractivity contribution in [3.8, 4) is 11.1 Å². The van der Waals surface area contributed by atoms with E-state index in [1.54, 1.807) is 16.6 Å². The number of nitrogens with one attached hydrogen (secondary N) is 1. The first kappa shape index (κ1) is 16.6. The number of hydrogen-bond acceptors (Lipinski definition) is 3. The molecule has 1 aliphatic carbocycles. The molecule has 134 valence electrons. The van der Waals surface area contributed by atoms with Crippen molar-refractivity contribution < 1.29 is 9.18 Å². The second-order valence-electron chi connectivity index (χ2n) is 7.02. The highest BCUT2D eigenvalue weighted by Gasteiger charge is 2.26. The minimum atomic E-state index is -0.502. The Balaban J connectivity index is 1.82. The Hall–Kier alpha value is -2.89. The van der Waals surface area contributed by atoms with E-state index in [1.165, 1.54) is 31.2 Å². The molecule has 1 aliphatic rings.